The fourth-order valence-corrected chi connectivity index (χ4v) is 3.69. The highest BCUT2D eigenvalue weighted by Crippen LogP contribution is 2.20. The van der Waals surface area contributed by atoms with Crippen LogP contribution in [0.15, 0.2) is 30.3 Å². The minimum atomic E-state index is -0.481. The van der Waals surface area contributed by atoms with Crippen molar-refractivity contribution in [1.82, 2.24) is 30.2 Å². The third-order valence-electron chi connectivity index (χ3n) is 5.36. The summed E-state index contributed by atoms with van der Waals surface area (Å²) in [6, 6.07) is 9.83. The lowest BCUT2D eigenvalue weighted by molar-refractivity contribution is 0.0139. The molecule has 1 aromatic carbocycles. The van der Waals surface area contributed by atoms with Crippen LogP contribution in [0.1, 0.15) is 42.5 Å². The summed E-state index contributed by atoms with van der Waals surface area (Å²) >= 11 is 0. The van der Waals surface area contributed by atoms with E-state index in [0.717, 1.165) is 30.5 Å². The number of hydrogen-bond acceptors (Lipinski definition) is 7. The number of ether oxygens (including phenoxy) is 1. The van der Waals surface area contributed by atoms with Crippen LogP contribution < -0.4 is 5.32 Å². The summed E-state index contributed by atoms with van der Waals surface area (Å²) in [7, 11) is 0. The molecule has 33 heavy (non-hydrogen) atoms. The molecule has 0 unspecified atom stereocenters. The maximum atomic E-state index is 12.3. The van der Waals surface area contributed by atoms with Gasteiger partial charge in [0.15, 0.2) is 5.69 Å². The molecule has 174 valence electrons. The van der Waals surface area contributed by atoms with E-state index in [1.54, 1.807) is 17.9 Å². The second-order valence-corrected chi connectivity index (χ2v) is 9.18. The summed E-state index contributed by atoms with van der Waals surface area (Å²) in [5.74, 6) is 0.108. The number of nitrogens with zero attached hydrogens (tertiary/aromatic N) is 5. The second-order valence-electron chi connectivity index (χ2n) is 9.18. The highest BCUT2D eigenvalue weighted by molar-refractivity contribution is 6.03. The molecule has 3 heterocycles. The summed E-state index contributed by atoms with van der Waals surface area (Å²) in [6.07, 6.45) is -0.250. The van der Waals surface area contributed by atoms with Crippen molar-refractivity contribution in [2.75, 3.05) is 31.5 Å². The van der Waals surface area contributed by atoms with Crippen LogP contribution in [0, 0.1) is 6.92 Å². The number of benzene rings is 1. The molecule has 2 aromatic heterocycles. The lowest BCUT2D eigenvalue weighted by Gasteiger charge is -2.35. The molecule has 1 aliphatic rings. The normalized spacial score (nSPS) is 15.0. The van der Waals surface area contributed by atoms with E-state index in [1.807, 2.05) is 39.0 Å². The number of aromatic nitrogens is 4. The zero-order valence-corrected chi connectivity index (χ0v) is 19.4. The average molecular weight is 452 g/mol. The molecule has 3 aromatic rings. The Bertz CT molecular complexity index is 1160. The standard InChI is InChI=1S/C23H29N7O3/c1-15-20(27-28-26-15)21(31)25-19-8-6-17-13-16(5-7-18(17)24-19)14-29-9-11-30(12-10-29)22(32)33-23(2,3)4/h5-8,13H,9-12,14H2,1-4H3,(H,24,25,31)(H,26,27,28). The Kier molecular flexibility index (Phi) is 6.28. The van der Waals surface area contributed by atoms with Gasteiger partial charge in [-0.2, -0.15) is 15.4 Å². The van der Waals surface area contributed by atoms with Crippen molar-refractivity contribution in [3.8, 4) is 0 Å². The van der Waals surface area contributed by atoms with E-state index >= 15 is 0 Å². The molecule has 10 heteroatoms. The van der Waals surface area contributed by atoms with Crippen molar-refractivity contribution < 1.29 is 14.3 Å². The van der Waals surface area contributed by atoms with Gasteiger partial charge in [0.1, 0.15) is 11.4 Å². The molecule has 0 saturated carbocycles. The molecule has 0 radical (unpaired) electrons. The third-order valence-corrected chi connectivity index (χ3v) is 5.36. The first kappa shape index (κ1) is 22.7. The van der Waals surface area contributed by atoms with Gasteiger partial charge < -0.3 is 15.0 Å². The number of nitrogens with one attached hydrogen (secondary N) is 2. The van der Waals surface area contributed by atoms with Crippen LogP contribution in [0.2, 0.25) is 0 Å². The maximum absolute atomic E-state index is 12.3. The topological polar surface area (TPSA) is 116 Å². The number of H-pyrrole nitrogens is 1. The monoisotopic (exact) mass is 451 g/mol. The minimum Gasteiger partial charge on any atom is -0.444 e. The predicted octanol–water partition coefficient (Wildman–Crippen LogP) is 2.97. The fraction of sp³-hybridized carbons (Fsp3) is 0.435. The van der Waals surface area contributed by atoms with Crippen LogP contribution in [-0.4, -0.2) is 74.0 Å². The molecule has 1 aliphatic heterocycles. The van der Waals surface area contributed by atoms with Gasteiger partial charge in [-0.3, -0.25) is 9.69 Å². The number of fused-ring (bicyclic) bond motifs is 1. The van der Waals surface area contributed by atoms with Crippen LogP contribution in [0.3, 0.4) is 0 Å². The van der Waals surface area contributed by atoms with Crippen LogP contribution in [0.25, 0.3) is 10.9 Å². The number of piperazine rings is 1. The molecule has 0 bridgehead atoms. The van der Waals surface area contributed by atoms with Crippen LogP contribution in [0.5, 0.6) is 0 Å². The number of aryl methyl sites for hydroxylation is 1. The molecule has 0 aliphatic carbocycles. The van der Waals surface area contributed by atoms with Gasteiger partial charge in [-0.1, -0.05) is 6.07 Å². The fourth-order valence-electron chi connectivity index (χ4n) is 3.69. The number of hydrogen-bond donors (Lipinski definition) is 2. The van der Waals surface area contributed by atoms with Crippen molar-refractivity contribution in [1.29, 1.82) is 0 Å². The van der Waals surface area contributed by atoms with Crippen molar-refractivity contribution in [3.05, 3.63) is 47.3 Å². The Morgan fingerprint density at radius 1 is 1.09 bits per heavy atom. The molecule has 0 atom stereocenters. The first-order valence-electron chi connectivity index (χ1n) is 11.0. The Morgan fingerprint density at radius 3 is 2.52 bits per heavy atom. The molecule has 1 saturated heterocycles. The molecular formula is C23H29N7O3. The van der Waals surface area contributed by atoms with E-state index in [2.05, 4.69) is 36.7 Å². The van der Waals surface area contributed by atoms with Crippen LogP contribution >= 0.6 is 0 Å². The number of aromatic amines is 1. The van der Waals surface area contributed by atoms with Gasteiger partial charge in [-0.05, 0) is 57.5 Å². The van der Waals surface area contributed by atoms with Gasteiger partial charge in [0.25, 0.3) is 5.91 Å². The molecule has 2 N–H and O–H groups in total. The van der Waals surface area contributed by atoms with E-state index in [4.69, 9.17) is 4.74 Å². The minimum absolute atomic E-state index is 0.249. The van der Waals surface area contributed by atoms with Crippen molar-refractivity contribution in [2.24, 2.45) is 0 Å². The second kappa shape index (κ2) is 9.14. The SMILES string of the molecule is Cc1n[nH]nc1C(=O)Nc1ccc2cc(CN3CCN(C(=O)OC(C)(C)C)CC3)ccc2n1. The summed E-state index contributed by atoms with van der Waals surface area (Å²) in [6.45, 7) is 11.0. The predicted molar refractivity (Wildman–Crippen MR) is 124 cm³/mol. The zero-order chi connectivity index (χ0) is 23.6. The molecule has 2 amide bonds. The van der Waals surface area contributed by atoms with E-state index in [9.17, 15) is 9.59 Å². The largest absolute Gasteiger partial charge is 0.444 e. The summed E-state index contributed by atoms with van der Waals surface area (Å²) in [5.41, 5.74) is 2.27. The van der Waals surface area contributed by atoms with E-state index in [-0.39, 0.29) is 17.7 Å². The van der Waals surface area contributed by atoms with E-state index in [1.165, 1.54) is 5.56 Å². The quantitative estimate of drug-likeness (QED) is 0.626. The Hall–Kier alpha value is -3.53. The van der Waals surface area contributed by atoms with Gasteiger partial charge in [0.2, 0.25) is 0 Å². The van der Waals surface area contributed by atoms with Gasteiger partial charge in [-0.25, -0.2) is 9.78 Å². The summed E-state index contributed by atoms with van der Waals surface area (Å²) in [4.78, 5) is 33.2. The zero-order valence-electron chi connectivity index (χ0n) is 19.4. The highest BCUT2D eigenvalue weighted by atomic mass is 16.6. The van der Waals surface area contributed by atoms with Crippen LogP contribution in [0.4, 0.5) is 10.6 Å². The van der Waals surface area contributed by atoms with Gasteiger partial charge in [0.05, 0.1) is 11.2 Å². The molecule has 0 spiro atoms. The Balaban J connectivity index is 1.35. The third kappa shape index (κ3) is 5.64. The Morgan fingerprint density at radius 2 is 1.85 bits per heavy atom. The number of carbonyl (C=O) groups is 2. The highest BCUT2D eigenvalue weighted by Gasteiger charge is 2.25. The first-order chi connectivity index (χ1) is 15.7. The average Bonchev–Trinajstić information content (AvgIpc) is 3.19. The maximum Gasteiger partial charge on any atom is 0.410 e. The molecule has 1 fully saturated rings. The number of carbonyl (C=O) groups excluding carboxylic acids is 2. The number of amides is 2. The van der Waals surface area contributed by atoms with Gasteiger partial charge >= 0.3 is 6.09 Å². The van der Waals surface area contributed by atoms with Crippen molar-refractivity contribution in [3.63, 3.8) is 0 Å². The smallest absolute Gasteiger partial charge is 0.410 e. The van der Waals surface area contributed by atoms with Crippen molar-refractivity contribution in [2.45, 2.75) is 39.8 Å². The summed E-state index contributed by atoms with van der Waals surface area (Å²) < 4.78 is 5.47. The number of pyridine rings is 1. The summed E-state index contributed by atoms with van der Waals surface area (Å²) in [5, 5.41) is 13.9. The van der Waals surface area contributed by atoms with Gasteiger partial charge in [0, 0.05) is 38.1 Å². The molecule has 4 rings (SSSR count). The van der Waals surface area contributed by atoms with E-state index in [0.29, 0.717) is 24.6 Å². The number of anilines is 1. The molecular weight excluding hydrogens is 422 g/mol. The van der Waals surface area contributed by atoms with Gasteiger partial charge in [-0.15, -0.1) is 0 Å². The van der Waals surface area contributed by atoms with E-state index < -0.39 is 5.60 Å². The van der Waals surface area contributed by atoms with Crippen molar-refractivity contribution >= 4 is 28.7 Å². The van der Waals surface area contributed by atoms with Crippen LogP contribution in [-0.2, 0) is 11.3 Å². The first-order valence-corrected chi connectivity index (χ1v) is 11.0. The lowest BCUT2D eigenvalue weighted by atomic mass is 10.1. The number of rotatable bonds is 4. The molecule has 10 nitrogen and oxygen atoms in total. The Labute approximate surface area is 192 Å². The lowest BCUT2D eigenvalue weighted by Crippen LogP contribution is -2.49.